The van der Waals surface area contributed by atoms with Gasteiger partial charge in [-0.05, 0) is 31.2 Å². The number of rotatable bonds is 4. The van der Waals surface area contributed by atoms with Gasteiger partial charge in [0, 0.05) is 5.69 Å². The number of halogens is 2. The van der Waals surface area contributed by atoms with Crippen LogP contribution in [0.5, 0.6) is 0 Å². The molecule has 0 aromatic heterocycles. The molecule has 0 saturated heterocycles. The Morgan fingerprint density at radius 3 is 2.18 bits per heavy atom. The molecule has 0 aliphatic carbocycles. The fourth-order valence-electron chi connectivity index (χ4n) is 1.73. The number of ether oxygens (including phenoxy) is 1. The van der Waals surface area contributed by atoms with Crippen LogP contribution in [0.1, 0.15) is 17.3 Å². The zero-order valence-corrected chi connectivity index (χ0v) is 11.7. The molecule has 2 aromatic rings. The summed E-state index contributed by atoms with van der Waals surface area (Å²) in [7, 11) is 0. The first kappa shape index (κ1) is 15.6. The molecule has 22 heavy (non-hydrogen) atoms. The maximum atomic E-state index is 13.5. The molecule has 0 heterocycles. The Morgan fingerprint density at radius 2 is 1.59 bits per heavy atom. The molecule has 0 aliphatic rings. The molecule has 0 radical (unpaired) electrons. The van der Waals surface area contributed by atoms with E-state index in [-0.39, 0.29) is 0 Å². The zero-order chi connectivity index (χ0) is 16.1. The van der Waals surface area contributed by atoms with E-state index in [1.54, 1.807) is 30.3 Å². The molecule has 0 bridgehead atoms. The number of anilines is 1. The molecular weight excluding hydrogens is 292 g/mol. The van der Waals surface area contributed by atoms with Crippen LogP contribution in [0.15, 0.2) is 48.5 Å². The van der Waals surface area contributed by atoms with Crippen molar-refractivity contribution in [2.75, 3.05) is 5.32 Å². The maximum Gasteiger partial charge on any atom is 0.344 e. The second kappa shape index (κ2) is 6.80. The van der Waals surface area contributed by atoms with Crippen LogP contribution in [0.3, 0.4) is 0 Å². The molecule has 6 heteroatoms. The molecule has 1 atom stereocenters. The Kier molecular flexibility index (Phi) is 4.83. The minimum Gasteiger partial charge on any atom is -0.449 e. The lowest BCUT2D eigenvalue weighted by Gasteiger charge is -2.14. The van der Waals surface area contributed by atoms with E-state index in [0.717, 1.165) is 18.2 Å². The minimum atomic E-state index is -1.23. The summed E-state index contributed by atoms with van der Waals surface area (Å²) in [6.45, 7) is 1.31. The molecule has 0 saturated carbocycles. The Bertz CT molecular complexity index is 669. The van der Waals surface area contributed by atoms with E-state index in [4.69, 9.17) is 4.74 Å². The zero-order valence-electron chi connectivity index (χ0n) is 11.7. The van der Waals surface area contributed by atoms with Crippen LogP contribution in [0.4, 0.5) is 14.5 Å². The highest BCUT2D eigenvalue weighted by Crippen LogP contribution is 2.15. The highest BCUT2D eigenvalue weighted by molar-refractivity contribution is 5.97. The second-order valence-corrected chi connectivity index (χ2v) is 4.50. The van der Waals surface area contributed by atoms with Crippen molar-refractivity contribution in [1.82, 2.24) is 0 Å². The summed E-state index contributed by atoms with van der Waals surface area (Å²) in [6, 6.07) is 11.5. The quantitative estimate of drug-likeness (QED) is 0.883. The summed E-state index contributed by atoms with van der Waals surface area (Å²) >= 11 is 0. The molecule has 1 amide bonds. The molecule has 1 N–H and O–H groups in total. The first-order valence-electron chi connectivity index (χ1n) is 6.50. The van der Waals surface area contributed by atoms with E-state index in [1.165, 1.54) is 6.92 Å². The number of carbonyl (C=O) groups excluding carboxylic acids is 2. The van der Waals surface area contributed by atoms with E-state index >= 15 is 0 Å². The molecule has 4 nitrogen and oxygen atoms in total. The van der Waals surface area contributed by atoms with Gasteiger partial charge in [0.05, 0.1) is 0 Å². The lowest BCUT2D eigenvalue weighted by atomic mass is 10.2. The van der Waals surface area contributed by atoms with Crippen LogP contribution >= 0.6 is 0 Å². The molecule has 0 spiro atoms. The fourth-order valence-corrected chi connectivity index (χ4v) is 1.73. The first-order valence-corrected chi connectivity index (χ1v) is 6.50. The van der Waals surface area contributed by atoms with Crippen LogP contribution in [-0.4, -0.2) is 18.0 Å². The Morgan fingerprint density at radius 1 is 1.00 bits per heavy atom. The van der Waals surface area contributed by atoms with E-state index in [9.17, 15) is 18.4 Å². The van der Waals surface area contributed by atoms with Crippen molar-refractivity contribution in [3.05, 3.63) is 65.7 Å². The van der Waals surface area contributed by atoms with Crippen molar-refractivity contribution in [1.29, 1.82) is 0 Å². The van der Waals surface area contributed by atoms with Crippen LogP contribution in [-0.2, 0) is 9.53 Å². The van der Waals surface area contributed by atoms with Gasteiger partial charge in [0.2, 0.25) is 0 Å². The number of hydrogen-bond donors (Lipinski definition) is 1. The van der Waals surface area contributed by atoms with Gasteiger partial charge in [-0.2, -0.15) is 0 Å². The van der Waals surface area contributed by atoms with Gasteiger partial charge >= 0.3 is 5.97 Å². The number of nitrogens with one attached hydrogen (secondary N) is 1. The van der Waals surface area contributed by atoms with Gasteiger partial charge in [0.15, 0.2) is 6.10 Å². The highest BCUT2D eigenvalue weighted by Gasteiger charge is 2.23. The normalized spacial score (nSPS) is 11.6. The standard InChI is InChI=1S/C16H13F2NO3/c1-10(15(20)19-11-6-3-2-4-7-11)22-16(21)14-12(17)8-5-9-13(14)18/h2-10H,1H3,(H,19,20)/t10-/m0/s1. The van der Waals surface area contributed by atoms with Gasteiger partial charge in [-0.3, -0.25) is 4.79 Å². The van der Waals surface area contributed by atoms with Crippen molar-refractivity contribution in [3.63, 3.8) is 0 Å². The first-order chi connectivity index (χ1) is 10.5. The smallest absolute Gasteiger partial charge is 0.344 e. The lowest BCUT2D eigenvalue weighted by Crippen LogP contribution is -2.30. The third kappa shape index (κ3) is 3.66. The Labute approximate surface area is 125 Å². The number of benzene rings is 2. The van der Waals surface area contributed by atoms with Crippen LogP contribution in [0, 0.1) is 11.6 Å². The van der Waals surface area contributed by atoms with Crippen LogP contribution in [0.25, 0.3) is 0 Å². The number of carbonyl (C=O) groups is 2. The van der Waals surface area contributed by atoms with E-state index in [0.29, 0.717) is 5.69 Å². The topological polar surface area (TPSA) is 55.4 Å². The van der Waals surface area contributed by atoms with E-state index in [1.807, 2.05) is 0 Å². The van der Waals surface area contributed by atoms with Crippen LogP contribution < -0.4 is 5.32 Å². The molecular formula is C16H13F2NO3. The predicted octanol–water partition coefficient (Wildman–Crippen LogP) is 3.15. The summed E-state index contributed by atoms with van der Waals surface area (Å²) in [5.74, 6) is -3.91. The van der Waals surface area contributed by atoms with Gasteiger partial charge in [-0.15, -0.1) is 0 Å². The maximum absolute atomic E-state index is 13.5. The second-order valence-electron chi connectivity index (χ2n) is 4.50. The van der Waals surface area contributed by atoms with Crippen molar-refractivity contribution < 1.29 is 23.1 Å². The number of para-hydroxylation sites is 1. The van der Waals surface area contributed by atoms with Crippen molar-refractivity contribution in [2.45, 2.75) is 13.0 Å². The summed E-state index contributed by atoms with van der Waals surface area (Å²) in [5, 5.41) is 2.52. The molecule has 0 aliphatic heterocycles. The van der Waals surface area contributed by atoms with Gasteiger partial charge in [0.1, 0.15) is 17.2 Å². The molecule has 114 valence electrons. The number of amides is 1. The summed E-state index contributed by atoms with van der Waals surface area (Å²) in [4.78, 5) is 23.6. The molecule has 0 unspecified atom stereocenters. The van der Waals surface area contributed by atoms with Crippen molar-refractivity contribution in [3.8, 4) is 0 Å². The minimum absolute atomic E-state index is 0.521. The third-order valence-electron chi connectivity index (χ3n) is 2.86. The predicted molar refractivity (Wildman–Crippen MR) is 76.3 cm³/mol. The van der Waals surface area contributed by atoms with Gasteiger partial charge in [-0.1, -0.05) is 24.3 Å². The lowest BCUT2D eigenvalue weighted by molar-refractivity contribution is -0.123. The number of esters is 1. The van der Waals surface area contributed by atoms with Gasteiger partial charge in [0.25, 0.3) is 5.91 Å². The van der Waals surface area contributed by atoms with Gasteiger partial charge < -0.3 is 10.1 Å². The van der Waals surface area contributed by atoms with Crippen LogP contribution in [0.2, 0.25) is 0 Å². The highest BCUT2D eigenvalue weighted by atomic mass is 19.1. The van der Waals surface area contributed by atoms with E-state index in [2.05, 4.69) is 5.32 Å². The van der Waals surface area contributed by atoms with Crippen molar-refractivity contribution in [2.24, 2.45) is 0 Å². The number of hydrogen-bond acceptors (Lipinski definition) is 3. The SMILES string of the molecule is C[C@H](OC(=O)c1c(F)cccc1F)C(=O)Nc1ccccc1. The summed E-state index contributed by atoms with van der Waals surface area (Å²) < 4.78 is 31.7. The Hall–Kier alpha value is -2.76. The van der Waals surface area contributed by atoms with Crippen molar-refractivity contribution >= 4 is 17.6 Å². The average molecular weight is 305 g/mol. The molecule has 0 fully saturated rings. The molecule has 2 rings (SSSR count). The Balaban J connectivity index is 2.03. The third-order valence-corrected chi connectivity index (χ3v) is 2.86. The largest absolute Gasteiger partial charge is 0.449 e. The fraction of sp³-hybridized carbons (Fsp3) is 0.125. The van der Waals surface area contributed by atoms with E-state index < -0.39 is 35.2 Å². The monoisotopic (exact) mass is 305 g/mol. The summed E-state index contributed by atoms with van der Waals surface area (Å²) in [5.41, 5.74) is -0.297. The van der Waals surface area contributed by atoms with Gasteiger partial charge in [-0.25, -0.2) is 13.6 Å². The average Bonchev–Trinajstić information content (AvgIpc) is 2.48. The molecule has 2 aromatic carbocycles. The summed E-state index contributed by atoms with van der Waals surface area (Å²) in [6.07, 6.45) is -1.20.